The number of halogens is 2. The van der Waals surface area contributed by atoms with E-state index in [0.29, 0.717) is 26.9 Å². The van der Waals surface area contributed by atoms with E-state index in [1.807, 2.05) is 0 Å². The molecule has 1 aromatic heterocycles. The lowest BCUT2D eigenvalue weighted by Gasteiger charge is -2.07. The molecule has 0 bridgehead atoms. The molecule has 0 aliphatic heterocycles. The number of benzene rings is 1. The molecule has 0 aliphatic rings. The second-order valence-electron chi connectivity index (χ2n) is 3.95. The van der Waals surface area contributed by atoms with Crippen LogP contribution in [0, 0.1) is 0 Å². The molecule has 0 saturated heterocycles. The van der Waals surface area contributed by atoms with Gasteiger partial charge in [0.05, 0.1) is 18.3 Å². The van der Waals surface area contributed by atoms with Crippen molar-refractivity contribution < 1.29 is 9.53 Å². The van der Waals surface area contributed by atoms with Gasteiger partial charge in [-0.2, -0.15) is 5.10 Å². The number of hydrazone groups is 1. The topological polar surface area (TPSA) is 63.6 Å². The predicted molar refractivity (Wildman–Crippen MR) is 82.3 cm³/mol. The van der Waals surface area contributed by atoms with E-state index in [2.05, 4.69) is 15.5 Å². The molecule has 1 aromatic carbocycles. The second kappa shape index (κ2) is 7.06. The Morgan fingerprint density at radius 2 is 2.05 bits per heavy atom. The van der Waals surface area contributed by atoms with Gasteiger partial charge in [0.25, 0.3) is 5.91 Å². The number of aromatic nitrogens is 1. The second-order valence-corrected chi connectivity index (χ2v) is 4.79. The Kier molecular flexibility index (Phi) is 5.14. The molecule has 0 atom stereocenters. The van der Waals surface area contributed by atoms with Crippen LogP contribution in [0.1, 0.15) is 15.9 Å². The van der Waals surface area contributed by atoms with E-state index >= 15 is 0 Å². The van der Waals surface area contributed by atoms with Crippen LogP contribution < -0.4 is 10.2 Å². The van der Waals surface area contributed by atoms with Crippen molar-refractivity contribution in [1.29, 1.82) is 0 Å². The first-order chi connectivity index (χ1) is 10.1. The highest BCUT2D eigenvalue weighted by Gasteiger charge is 2.08. The highest BCUT2D eigenvalue weighted by molar-refractivity contribution is 6.36. The van der Waals surface area contributed by atoms with E-state index in [1.54, 1.807) is 24.3 Å². The van der Waals surface area contributed by atoms with Crippen molar-refractivity contribution in [3.05, 3.63) is 57.8 Å². The number of rotatable bonds is 4. The summed E-state index contributed by atoms with van der Waals surface area (Å²) in [5.41, 5.74) is 3.42. The largest absolute Gasteiger partial charge is 0.495 e. The van der Waals surface area contributed by atoms with Crippen molar-refractivity contribution in [2.24, 2.45) is 5.10 Å². The molecule has 0 aliphatic carbocycles. The van der Waals surface area contributed by atoms with Crippen LogP contribution in [0.4, 0.5) is 0 Å². The van der Waals surface area contributed by atoms with Crippen LogP contribution in [0.2, 0.25) is 10.0 Å². The minimum atomic E-state index is -0.347. The summed E-state index contributed by atoms with van der Waals surface area (Å²) in [5, 5.41) is 4.68. The number of ether oxygens (including phenoxy) is 1. The van der Waals surface area contributed by atoms with Crippen LogP contribution in [-0.4, -0.2) is 24.2 Å². The number of hydrogen-bond acceptors (Lipinski definition) is 4. The van der Waals surface area contributed by atoms with E-state index in [4.69, 9.17) is 27.9 Å². The standard InChI is InChI=1S/C14H11Cl2N3O2/c1-21-13-10(6-11(15)7-12(13)16)8-18-19-14(20)9-2-4-17-5-3-9/h2-8H,1H3,(H,19,20)/b18-8-. The highest BCUT2D eigenvalue weighted by Crippen LogP contribution is 2.30. The van der Waals surface area contributed by atoms with Gasteiger partial charge >= 0.3 is 0 Å². The third-order valence-corrected chi connectivity index (χ3v) is 3.05. The van der Waals surface area contributed by atoms with E-state index in [9.17, 15) is 4.79 Å². The lowest BCUT2D eigenvalue weighted by Crippen LogP contribution is -2.17. The van der Waals surface area contributed by atoms with Crippen LogP contribution in [-0.2, 0) is 0 Å². The maximum atomic E-state index is 11.8. The molecule has 5 nitrogen and oxygen atoms in total. The van der Waals surface area contributed by atoms with Crippen LogP contribution in [0.3, 0.4) is 0 Å². The molecule has 1 N–H and O–H groups in total. The fourth-order valence-electron chi connectivity index (χ4n) is 1.62. The molecular weight excluding hydrogens is 313 g/mol. The average molecular weight is 324 g/mol. The minimum absolute atomic E-state index is 0.347. The number of pyridine rings is 1. The third kappa shape index (κ3) is 3.93. The summed E-state index contributed by atoms with van der Waals surface area (Å²) >= 11 is 11.9. The Labute approximate surface area is 131 Å². The van der Waals surface area contributed by atoms with Gasteiger partial charge in [-0.05, 0) is 24.3 Å². The number of methoxy groups -OCH3 is 1. The molecule has 0 radical (unpaired) electrons. The molecule has 0 unspecified atom stereocenters. The number of nitrogens with one attached hydrogen (secondary N) is 1. The number of nitrogens with zero attached hydrogens (tertiary/aromatic N) is 2. The van der Waals surface area contributed by atoms with Crippen molar-refractivity contribution in [1.82, 2.24) is 10.4 Å². The first kappa shape index (κ1) is 15.3. The van der Waals surface area contributed by atoms with Gasteiger partial charge in [0.15, 0.2) is 0 Å². The Bertz CT molecular complexity index is 675. The molecule has 108 valence electrons. The average Bonchev–Trinajstić information content (AvgIpc) is 2.47. The van der Waals surface area contributed by atoms with E-state index < -0.39 is 0 Å². The van der Waals surface area contributed by atoms with Gasteiger partial charge in [-0.1, -0.05) is 23.2 Å². The first-order valence-electron chi connectivity index (χ1n) is 5.88. The summed E-state index contributed by atoms with van der Waals surface area (Å²) in [6.07, 6.45) is 4.46. The monoisotopic (exact) mass is 323 g/mol. The molecule has 1 amide bonds. The number of hydrogen-bond donors (Lipinski definition) is 1. The fourth-order valence-corrected chi connectivity index (χ4v) is 2.21. The van der Waals surface area contributed by atoms with Crippen LogP contribution in [0.5, 0.6) is 5.75 Å². The van der Waals surface area contributed by atoms with Crippen LogP contribution in [0.25, 0.3) is 0 Å². The van der Waals surface area contributed by atoms with Crippen molar-refractivity contribution in [2.75, 3.05) is 7.11 Å². The minimum Gasteiger partial charge on any atom is -0.495 e. The van der Waals surface area contributed by atoms with Gasteiger partial charge in [0, 0.05) is 28.5 Å². The zero-order valence-corrected chi connectivity index (χ0v) is 12.5. The van der Waals surface area contributed by atoms with Crippen LogP contribution >= 0.6 is 23.2 Å². The lowest BCUT2D eigenvalue weighted by molar-refractivity contribution is 0.0955. The van der Waals surface area contributed by atoms with Gasteiger partial charge in [-0.15, -0.1) is 0 Å². The van der Waals surface area contributed by atoms with Gasteiger partial charge < -0.3 is 4.74 Å². The quantitative estimate of drug-likeness (QED) is 0.694. The van der Waals surface area contributed by atoms with E-state index in [-0.39, 0.29) is 5.91 Å². The smallest absolute Gasteiger partial charge is 0.271 e. The highest BCUT2D eigenvalue weighted by atomic mass is 35.5. The Morgan fingerprint density at radius 1 is 1.33 bits per heavy atom. The normalized spacial score (nSPS) is 10.6. The van der Waals surface area contributed by atoms with Crippen molar-refractivity contribution in [3.63, 3.8) is 0 Å². The summed E-state index contributed by atoms with van der Waals surface area (Å²) < 4.78 is 5.17. The molecule has 0 spiro atoms. The number of carbonyl (C=O) groups excluding carboxylic acids is 1. The van der Waals surface area contributed by atoms with Gasteiger partial charge in [0.2, 0.25) is 0 Å². The molecule has 21 heavy (non-hydrogen) atoms. The third-order valence-electron chi connectivity index (χ3n) is 2.55. The maximum absolute atomic E-state index is 11.8. The molecule has 0 saturated carbocycles. The zero-order valence-electron chi connectivity index (χ0n) is 11.0. The van der Waals surface area contributed by atoms with Crippen LogP contribution in [0.15, 0.2) is 41.8 Å². The van der Waals surface area contributed by atoms with E-state index in [1.165, 1.54) is 25.7 Å². The predicted octanol–water partition coefficient (Wildman–Crippen LogP) is 3.16. The van der Waals surface area contributed by atoms with Gasteiger partial charge in [0.1, 0.15) is 5.75 Å². The van der Waals surface area contributed by atoms with E-state index in [0.717, 1.165) is 0 Å². The Hall–Kier alpha value is -2.11. The van der Waals surface area contributed by atoms with Crippen molar-refractivity contribution in [3.8, 4) is 5.75 Å². The maximum Gasteiger partial charge on any atom is 0.271 e. The lowest BCUT2D eigenvalue weighted by atomic mass is 10.2. The molecular formula is C14H11Cl2N3O2. The van der Waals surface area contributed by atoms with Crippen molar-refractivity contribution >= 4 is 35.3 Å². The molecule has 0 fully saturated rings. The molecule has 1 heterocycles. The molecule has 2 aromatic rings. The first-order valence-corrected chi connectivity index (χ1v) is 6.64. The number of carbonyl (C=O) groups is 1. The summed E-state index contributed by atoms with van der Waals surface area (Å²) in [7, 11) is 1.49. The molecule has 2 rings (SSSR count). The Balaban J connectivity index is 2.13. The van der Waals surface area contributed by atoms with Crippen molar-refractivity contribution in [2.45, 2.75) is 0 Å². The van der Waals surface area contributed by atoms with Gasteiger partial charge in [-0.25, -0.2) is 5.43 Å². The summed E-state index contributed by atoms with van der Waals surface area (Å²) in [5.74, 6) is 0.0868. The van der Waals surface area contributed by atoms with Gasteiger partial charge in [-0.3, -0.25) is 9.78 Å². The summed E-state index contributed by atoms with van der Waals surface area (Å²) in [4.78, 5) is 15.6. The fraction of sp³-hybridized carbons (Fsp3) is 0.0714. The summed E-state index contributed by atoms with van der Waals surface area (Å²) in [6.45, 7) is 0. The molecule has 7 heteroatoms. The SMILES string of the molecule is COc1c(Cl)cc(Cl)cc1/C=N\NC(=O)c1ccncc1. The number of amides is 1. The zero-order chi connectivity index (χ0) is 15.2. The Morgan fingerprint density at radius 3 is 2.71 bits per heavy atom. The summed E-state index contributed by atoms with van der Waals surface area (Å²) in [6, 6.07) is 6.37.